The monoisotopic (exact) mass is 303 g/mol. The van der Waals surface area contributed by atoms with E-state index in [1.54, 1.807) is 0 Å². The van der Waals surface area contributed by atoms with Crippen LogP contribution in [-0.2, 0) is 0 Å². The van der Waals surface area contributed by atoms with Crippen LogP contribution in [0.1, 0.15) is 24.2 Å². The average molecular weight is 304 g/mol. The lowest BCUT2D eigenvalue weighted by molar-refractivity contribution is 0.0928. The summed E-state index contributed by atoms with van der Waals surface area (Å²) in [6, 6.07) is 3.24. The summed E-state index contributed by atoms with van der Waals surface area (Å²) in [7, 11) is 0. The first kappa shape index (κ1) is 14.0. The van der Waals surface area contributed by atoms with Crippen molar-refractivity contribution < 1.29 is 14.3 Å². The van der Waals surface area contributed by atoms with E-state index in [2.05, 4.69) is 21.2 Å². The minimum Gasteiger partial charge on any atom is -0.507 e. The Hall–Kier alpha value is -1.10. The molecule has 0 fully saturated rings. The molecule has 0 heterocycles. The number of phenolic OH excluding ortho intramolecular Hbond substituents is 1. The molecule has 3 nitrogen and oxygen atoms in total. The van der Waals surface area contributed by atoms with Gasteiger partial charge in [0.25, 0.3) is 5.91 Å². The van der Waals surface area contributed by atoms with Crippen LogP contribution < -0.4 is 5.32 Å². The van der Waals surface area contributed by atoms with Crippen molar-refractivity contribution in [3.05, 3.63) is 29.6 Å². The maximum Gasteiger partial charge on any atom is 0.255 e. The maximum atomic E-state index is 13.0. The van der Waals surface area contributed by atoms with Gasteiger partial charge in [0.15, 0.2) is 0 Å². The zero-order valence-corrected chi connectivity index (χ0v) is 11.3. The first-order chi connectivity index (χ1) is 7.95. The van der Waals surface area contributed by atoms with E-state index in [0.717, 1.165) is 17.5 Å². The number of carbonyl (C=O) groups excluding carboxylic acids is 1. The molecule has 0 aromatic heterocycles. The summed E-state index contributed by atoms with van der Waals surface area (Å²) in [5, 5.41) is 13.0. The second-order valence-corrected chi connectivity index (χ2v) is 4.70. The lowest BCUT2D eigenvalue weighted by Crippen LogP contribution is -2.37. The van der Waals surface area contributed by atoms with Gasteiger partial charge < -0.3 is 10.4 Å². The smallest absolute Gasteiger partial charge is 0.255 e. The Balaban J connectivity index is 2.79. The molecule has 0 saturated heterocycles. The van der Waals surface area contributed by atoms with Gasteiger partial charge in [-0.05, 0) is 31.0 Å². The van der Waals surface area contributed by atoms with E-state index >= 15 is 0 Å². The molecular weight excluding hydrogens is 289 g/mol. The van der Waals surface area contributed by atoms with Crippen LogP contribution in [0.5, 0.6) is 5.75 Å². The first-order valence-corrected chi connectivity index (χ1v) is 6.43. The van der Waals surface area contributed by atoms with Crippen molar-refractivity contribution in [2.45, 2.75) is 19.9 Å². The molecule has 17 heavy (non-hydrogen) atoms. The molecular formula is C12H15BrFNO2. The summed E-state index contributed by atoms with van der Waals surface area (Å²) in [6.07, 6.45) is 0. The Morgan fingerprint density at radius 2 is 2.18 bits per heavy atom. The number of phenols is 1. The van der Waals surface area contributed by atoms with E-state index < -0.39 is 11.7 Å². The predicted molar refractivity (Wildman–Crippen MR) is 68.0 cm³/mol. The predicted octanol–water partition coefficient (Wildman–Crippen LogP) is 2.68. The van der Waals surface area contributed by atoms with Crippen molar-refractivity contribution >= 4 is 21.8 Å². The number of benzene rings is 1. The summed E-state index contributed by atoms with van der Waals surface area (Å²) in [5.41, 5.74) is -0.0429. The van der Waals surface area contributed by atoms with Crippen LogP contribution in [0.4, 0.5) is 4.39 Å². The summed E-state index contributed by atoms with van der Waals surface area (Å²) in [6.45, 7) is 3.84. The SMILES string of the molecule is CC(CBr)C(C)NC(=O)c1cc(F)ccc1O. The fourth-order valence-electron chi connectivity index (χ4n) is 1.25. The molecule has 1 rings (SSSR count). The molecule has 0 saturated carbocycles. The third-order valence-electron chi connectivity index (χ3n) is 2.66. The first-order valence-electron chi connectivity index (χ1n) is 5.31. The molecule has 2 unspecified atom stereocenters. The van der Waals surface area contributed by atoms with Crippen LogP contribution in [0.25, 0.3) is 0 Å². The third-order valence-corrected chi connectivity index (χ3v) is 3.68. The molecule has 0 spiro atoms. The van der Waals surface area contributed by atoms with Crippen molar-refractivity contribution in [1.82, 2.24) is 5.32 Å². The second kappa shape index (κ2) is 6.00. The highest BCUT2D eigenvalue weighted by Crippen LogP contribution is 2.18. The van der Waals surface area contributed by atoms with E-state index in [1.165, 1.54) is 6.07 Å². The van der Waals surface area contributed by atoms with Gasteiger partial charge in [-0.2, -0.15) is 0 Å². The van der Waals surface area contributed by atoms with Crippen LogP contribution >= 0.6 is 15.9 Å². The molecule has 0 aliphatic heterocycles. The highest BCUT2D eigenvalue weighted by molar-refractivity contribution is 9.09. The quantitative estimate of drug-likeness (QED) is 0.840. The van der Waals surface area contributed by atoms with Crippen molar-refractivity contribution in [2.75, 3.05) is 5.33 Å². The van der Waals surface area contributed by atoms with Crippen LogP contribution in [0.2, 0.25) is 0 Å². The third kappa shape index (κ3) is 3.70. The minimum absolute atomic E-state index is 0.0429. The standard InChI is InChI=1S/C12H15BrFNO2/c1-7(6-13)8(2)15-12(17)10-5-9(14)3-4-11(10)16/h3-5,7-8,16H,6H2,1-2H3,(H,15,17). The van der Waals surface area contributed by atoms with Gasteiger partial charge in [0.2, 0.25) is 0 Å². The Morgan fingerprint density at radius 3 is 2.76 bits per heavy atom. The number of carbonyl (C=O) groups is 1. The number of hydrogen-bond donors (Lipinski definition) is 2. The van der Waals surface area contributed by atoms with Crippen LogP contribution in [0.15, 0.2) is 18.2 Å². The molecule has 0 aliphatic rings. The molecule has 0 radical (unpaired) electrons. The molecule has 2 N–H and O–H groups in total. The molecule has 94 valence electrons. The fraction of sp³-hybridized carbons (Fsp3) is 0.417. The molecule has 2 atom stereocenters. The number of amides is 1. The van der Waals surface area contributed by atoms with Crippen molar-refractivity contribution in [1.29, 1.82) is 0 Å². The Labute approximate surface area is 108 Å². The summed E-state index contributed by atoms with van der Waals surface area (Å²) >= 11 is 3.33. The van der Waals surface area contributed by atoms with E-state index in [1.807, 2.05) is 13.8 Å². The van der Waals surface area contributed by atoms with Crippen molar-refractivity contribution in [3.63, 3.8) is 0 Å². The molecule has 5 heteroatoms. The lowest BCUT2D eigenvalue weighted by Gasteiger charge is -2.19. The topological polar surface area (TPSA) is 49.3 Å². The van der Waals surface area contributed by atoms with Crippen molar-refractivity contribution in [2.24, 2.45) is 5.92 Å². The second-order valence-electron chi connectivity index (χ2n) is 4.06. The summed E-state index contributed by atoms with van der Waals surface area (Å²) in [5.74, 6) is -0.992. The van der Waals surface area contributed by atoms with Gasteiger partial charge in [0.1, 0.15) is 11.6 Å². The van der Waals surface area contributed by atoms with Crippen molar-refractivity contribution in [3.8, 4) is 5.75 Å². The van der Waals surface area contributed by atoms with E-state index in [-0.39, 0.29) is 23.3 Å². The molecule has 1 aromatic rings. The van der Waals surface area contributed by atoms with Gasteiger partial charge in [0, 0.05) is 11.4 Å². The molecule has 0 aliphatic carbocycles. The van der Waals surface area contributed by atoms with Gasteiger partial charge in [-0.1, -0.05) is 22.9 Å². The van der Waals surface area contributed by atoms with Gasteiger partial charge in [-0.15, -0.1) is 0 Å². The highest BCUT2D eigenvalue weighted by Gasteiger charge is 2.17. The largest absolute Gasteiger partial charge is 0.507 e. The number of alkyl halides is 1. The van der Waals surface area contributed by atoms with Gasteiger partial charge in [-0.25, -0.2) is 4.39 Å². The zero-order valence-electron chi connectivity index (χ0n) is 9.71. The maximum absolute atomic E-state index is 13.0. The van der Waals surface area contributed by atoms with E-state index in [9.17, 15) is 14.3 Å². The van der Waals surface area contributed by atoms with Crippen LogP contribution in [0.3, 0.4) is 0 Å². The lowest BCUT2D eigenvalue weighted by atomic mass is 10.1. The molecule has 1 amide bonds. The zero-order chi connectivity index (χ0) is 13.0. The Kier molecular flexibility index (Phi) is 4.93. The number of hydrogen-bond acceptors (Lipinski definition) is 2. The van der Waals surface area contributed by atoms with Gasteiger partial charge in [-0.3, -0.25) is 4.79 Å². The van der Waals surface area contributed by atoms with Crippen LogP contribution in [-0.4, -0.2) is 22.4 Å². The van der Waals surface area contributed by atoms with Gasteiger partial charge in [0.05, 0.1) is 5.56 Å². The average Bonchev–Trinajstić information content (AvgIpc) is 2.30. The number of aromatic hydroxyl groups is 1. The molecule has 0 bridgehead atoms. The number of rotatable bonds is 4. The number of halogens is 2. The highest BCUT2D eigenvalue weighted by atomic mass is 79.9. The normalized spacial score (nSPS) is 14.1. The Bertz CT molecular complexity index is 411. The number of nitrogens with one attached hydrogen (secondary N) is 1. The Morgan fingerprint density at radius 1 is 1.53 bits per heavy atom. The summed E-state index contributed by atoms with van der Waals surface area (Å²) < 4.78 is 13.0. The fourth-order valence-corrected chi connectivity index (χ4v) is 1.81. The summed E-state index contributed by atoms with van der Waals surface area (Å²) in [4.78, 5) is 11.8. The van der Waals surface area contributed by atoms with E-state index in [4.69, 9.17) is 0 Å². The van der Waals surface area contributed by atoms with E-state index in [0.29, 0.717) is 0 Å². The molecule has 1 aromatic carbocycles. The minimum atomic E-state index is -0.547. The van der Waals surface area contributed by atoms with Gasteiger partial charge >= 0.3 is 0 Å². The van der Waals surface area contributed by atoms with Crippen LogP contribution in [0, 0.1) is 11.7 Å².